The van der Waals surface area contributed by atoms with Gasteiger partial charge in [0, 0.05) is 17.8 Å². The van der Waals surface area contributed by atoms with E-state index in [1.54, 1.807) is 6.20 Å². The van der Waals surface area contributed by atoms with Crippen molar-refractivity contribution in [1.29, 1.82) is 0 Å². The summed E-state index contributed by atoms with van der Waals surface area (Å²) in [6.45, 7) is 1.04. The van der Waals surface area contributed by atoms with Crippen LogP contribution in [-0.4, -0.2) is 23.5 Å². The highest BCUT2D eigenvalue weighted by Gasteiger charge is 2.25. The minimum Gasteiger partial charge on any atom is -0.299 e. The van der Waals surface area contributed by atoms with Crippen LogP contribution in [0.25, 0.3) is 0 Å². The van der Waals surface area contributed by atoms with E-state index in [0.29, 0.717) is 0 Å². The van der Waals surface area contributed by atoms with Crippen LogP contribution in [0.5, 0.6) is 0 Å². The van der Waals surface area contributed by atoms with E-state index in [4.69, 9.17) is 11.6 Å². The standard InChI is InChI=1S/C10H12ClFN2/c1-14-4-2-3-9(14)7-5-13-6-8(12)10(7)11/h5-6,9H,2-4H2,1H3. The lowest BCUT2D eigenvalue weighted by Crippen LogP contribution is -2.18. The molecule has 2 nitrogen and oxygen atoms in total. The van der Waals surface area contributed by atoms with Crippen LogP contribution in [0.2, 0.25) is 5.02 Å². The van der Waals surface area contributed by atoms with Crippen molar-refractivity contribution in [2.45, 2.75) is 18.9 Å². The smallest absolute Gasteiger partial charge is 0.160 e. The molecule has 2 heterocycles. The van der Waals surface area contributed by atoms with Crippen molar-refractivity contribution in [3.63, 3.8) is 0 Å². The van der Waals surface area contributed by atoms with Crippen LogP contribution in [0.4, 0.5) is 4.39 Å². The van der Waals surface area contributed by atoms with Crippen molar-refractivity contribution < 1.29 is 4.39 Å². The van der Waals surface area contributed by atoms with Crippen molar-refractivity contribution in [2.75, 3.05) is 13.6 Å². The lowest BCUT2D eigenvalue weighted by molar-refractivity contribution is 0.316. The third-order valence-corrected chi connectivity index (χ3v) is 3.14. The molecule has 76 valence electrons. The molecule has 14 heavy (non-hydrogen) atoms. The van der Waals surface area contributed by atoms with E-state index in [2.05, 4.69) is 9.88 Å². The van der Waals surface area contributed by atoms with Gasteiger partial charge >= 0.3 is 0 Å². The van der Waals surface area contributed by atoms with Gasteiger partial charge in [-0.1, -0.05) is 11.6 Å². The van der Waals surface area contributed by atoms with E-state index in [-0.39, 0.29) is 11.1 Å². The highest BCUT2D eigenvalue weighted by atomic mass is 35.5. The highest BCUT2D eigenvalue weighted by molar-refractivity contribution is 6.31. The molecule has 0 radical (unpaired) electrons. The second-order valence-electron chi connectivity index (χ2n) is 3.66. The molecule has 0 aliphatic carbocycles. The van der Waals surface area contributed by atoms with Gasteiger partial charge in [0.1, 0.15) is 0 Å². The number of hydrogen-bond donors (Lipinski definition) is 0. The zero-order valence-electron chi connectivity index (χ0n) is 8.00. The molecular weight excluding hydrogens is 203 g/mol. The van der Waals surface area contributed by atoms with Crippen molar-refractivity contribution in [3.05, 3.63) is 28.8 Å². The molecule has 1 fully saturated rings. The van der Waals surface area contributed by atoms with Gasteiger partial charge in [-0.3, -0.25) is 9.88 Å². The maximum atomic E-state index is 13.1. The van der Waals surface area contributed by atoms with Crippen molar-refractivity contribution in [2.24, 2.45) is 0 Å². The Bertz CT molecular complexity index is 343. The summed E-state index contributed by atoms with van der Waals surface area (Å²) in [6, 6.07) is 0.227. The van der Waals surface area contributed by atoms with Gasteiger partial charge in [0.15, 0.2) is 5.82 Å². The molecule has 4 heteroatoms. The van der Waals surface area contributed by atoms with E-state index in [1.807, 2.05) is 7.05 Å². The minimum atomic E-state index is -0.426. The Morgan fingerprint density at radius 2 is 2.36 bits per heavy atom. The SMILES string of the molecule is CN1CCCC1c1cncc(F)c1Cl. The monoisotopic (exact) mass is 214 g/mol. The normalized spacial score (nSPS) is 22.9. The summed E-state index contributed by atoms with van der Waals surface area (Å²) in [6.07, 6.45) is 4.98. The molecule has 1 aliphatic heterocycles. The molecule has 1 saturated heterocycles. The Hall–Kier alpha value is -0.670. The Morgan fingerprint density at radius 1 is 1.57 bits per heavy atom. The largest absolute Gasteiger partial charge is 0.299 e. The highest BCUT2D eigenvalue weighted by Crippen LogP contribution is 2.34. The Balaban J connectivity index is 2.36. The third-order valence-electron chi connectivity index (χ3n) is 2.74. The van der Waals surface area contributed by atoms with Crippen molar-refractivity contribution >= 4 is 11.6 Å². The maximum absolute atomic E-state index is 13.1. The third kappa shape index (κ3) is 1.62. The van der Waals surface area contributed by atoms with E-state index < -0.39 is 5.82 Å². The van der Waals surface area contributed by atoms with Gasteiger partial charge in [-0.25, -0.2) is 4.39 Å². The number of likely N-dealkylation sites (tertiary alicyclic amines) is 1. The molecule has 1 unspecified atom stereocenters. The molecule has 2 rings (SSSR count). The lowest BCUT2D eigenvalue weighted by Gasteiger charge is -2.20. The van der Waals surface area contributed by atoms with E-state index in [9.17, 15) is 4.39 Å². The molecular formula is C10H12ClFN2. The van der Waals surface area contributed by atoms with Crippen LogP contribution in [0.3, 0.4) is 0 Å². The molecule has 1 atom stereocenters. The number of aromatic nitrogens is 1. The van der Waals surface area contributed by atoms with Crippen LogP contribution in [0.15, 0.2) is 12.4 Å². The molecule has 0 N–H and O–H groups in total. The molecule has 1 aromatic rings. The summed E-state index contributed by atoms with van der Waals surface area (Å²) in [7, 11) is 2.03. The fourth-order valence-electron chi connectivity index (χ4n) is 1.97. The van der Waals surface area contributed by atoms with Gasteiger partial charge in [-0.15, -0.1) is 0 Å². The van der Waals surface area contributed by atoms with Gasteiger partial charge in [0.2, 0.25) is 0 Å². The molecule has 0 bridgehead atoms. The molecule has 1 aliphatic rings. The summed E-state index contributed by atoms with van der Waals surface area (Å²) in [5.74, 6) is -0.426. The predicted octanol–water partition coefficient (Wildman–Crippen LogP) is 2.64. The molecule has 0 amide bonds. The zero-order valence-corrected chi connectivity index (χ0v) is 8.76. The minimum absolute atomic E-state index is 0.221. The number of rotatable bonds is 1. The topological polar surface area (TPSA) is 16.1 Å². The predicted molar refractivity (Wildman–Crippen MR) is 53.8 cm³/mol. The maximum Gasteiger partial charge on any atom is 0.160 e. The molecule has 0 saturated carbocycles. The second kappa shape index (κ2) is 3.83. The summed E-state index contributed by atoms with van der Waals surface area (Å²) in [4.78, 5) is 6.02. The van der Waals surface area contributed by atoms with Crippen LogP contribution in [-0.2, 0) is 0 Å². The van der Waals surface area contributed by atoms with E-state index >= 15 is 0 Å². The van der Waals surface area contributed by atoms with Gasteiger partial charge in [-0.05, 0) is 26.4 Å². The van der Waals surface area contributed by atoms with Gasteiger partial charge in [-0.2, -0.15) is 0 Å². The Morgan fingerprint density at radius 3 is 3.00 bits per heavy atom. The fourth-order valence-corrected chi connectivity index (χ4v) is 2.19. The summed E-state index contributed by atoms with van der Waals surface area (Å²) >= 11 is 5.90. The number of hydrogen-bond acceptors (Lipinski definition) is 2. The first kappa shape index (κ1) is 9.87. The average molecular weight is 215 g/mol. The first-order valence-electron chi connectivity index (χ1n) is 4.69. The fraction of sp³-hybridized carbons (Fsp3) is 0.500. The Kier molecular flexibility index (Phi) is 2.70. The quantitative estimate of drug-likeness (QED) is 0.715. The zero-order chi connectivity index (χ0) is 10.1. The van der Waals surface area contributed by atoms with Gasteiger partial charge in [0.25, 0.3) is 0 Å². The van der Waals surface area contributed by atoms with Crippen molar-refractivity contribution in [1.82, 2.24) is 9.88 Å². The van der Waals surface area contributed by atoms with Crippen molar-refractivity contribution in [3.8, 4) is 0 Å². The second-order valence-corrected chi connectivity index (χ2v) is 4.04. The van der Waals surface area contributed by atoms with Crippen LogP contribution in [0, 0.1) is 5.82 Å². The first-order valence-corrected chi connectivity index (χ1v) is 5.07. The Labute approximate surface area is 87.7 Å². The van der Waals surface area contributed by atoms with Crippen LogP contribution in [0.1, 0.15) is 24.4 Å². The summed E-state index contributed by atoms with van der Waals surface area (Å²) in [5.41, 5.74) is 0.812. The molecule has 0 aromatic carbocycles. The number of halogens is 2. The first-order chi connectivity index (χ1) is 6.70. The number of pyridine rings is 1. The molecule has 1 aromatic heterocycles. The summed E-state index contributed by atoms with van der Waals surface area (Å²) < 4.78 is 13.1. The summed E-state index contributed by atoms with van der Waals surface area (Å²) in [5, 5.41) is 0.221. The number of nitrogens with zero attached hydrogens (tertiary/aromatic N) is 2. The van der Waals surface area contributed by atoms with Crippen LogP contribution < -0.4 is 0 Å². The molecule has 0 spiro atoms. The van der Waals surface area contributed by atoms with Gasteiger partial charge in [0.05, 0.1) is 11.2 Å². The van der Waals surface area contributed by atoms with E-state index in [1.165, 1.54) is 0 Å². The van der Waals surface area contributed by atoms with Crippen LogP contribution >= 0.6 is 11.6 Å². The van der Waals surface area contributed by atoms with Gasteiger partial charge < -0.3 is 0 Å². The lowest BCUT2D eigenvalue weighted by atomic mass is 10.1. The average Bonchev–Trinajstić information content (AvgIpc) is 2.57. The van der Waals surface area contributed by atoms with E-state index in [0.717, 1.165) is 31.1 Å².